The highest BCUT2D eigenvalue weighted by atomic mass is 32.2. The van der Waals surface area contributed by atoms with Gasteiger partial charge in [-0.1, -0.05) is 18.2 Å². The van der Waals surface area contributed by atoms with Crippen molar-refractivity contribution in [3.63, 3.8) is 0 Å². The van der Waals surface area contributed by atoms with Crippen LogP contribution in [-0.4, -0.2) is 49.6 Å². The Morgan fingerprint density at radius 2 is 1.94 bits per heavy atom. The number of amides is 2. The molecule has 1 aliphatic rings. The Hall–Kier alpha value is -3.27. The van der Waals surface area contributed by atoms with Crippen molar-refractivity contribution in [2.24, 2.45) is 5.10 Å². The zero-order chi connectivity index (χ0) is 22.4. The first-order chi connectivity index (χ1) is 14.7. The molecule has 0 aromatic heterocycles. The molecule has 0 unspecified atom stereocenters. The summed E-state index contributed by atoms with van der Waals surface area (Å²) in [6.45, 7) is 0.142. The predicted octanol–water partition coefficient (Wildman–Crippen LogP) is 2.37. The van der Waals surface area contributed by atoms with Gasteiger partial charge in [-0.3, -0.25) is 9.59 Å². The molecule has 1 heterocycles. The number of nitrogens with one attached hydrogen (secondary N) is 1. The number of carbonyl (C=O) groups excluding carboxylic acids is 2. The molecular weight excluding hydrogens is 425 g/mol. The summed E-state index contributed by atoms with van der Waals surface area (Å²) in [5, 5.41) is 8.09. The molecule has 10 heteroatoms. The zero-order valence-electron chi connectivity index (χ0n) is 16.9. The van der Waals surface area contributed by atoms with Gasteiger partial charge in [0.1, 0.15) is 23.9 Å². The second-order valence-corrected chi connectivity index (χ2v) is 9.34. The lowest BCUT2D eigenvalue weighted by molar-refractivity contribution is -0.132. The van der Waals surface area contributed by atoms with E-state index in [1.165, 1.54) is 17.1 Å². The Labute approximate surface area is 179 Å². The van der Waals surface area contributed by atoms with Gasteiger partial charge in [-0.25, -0.2) is 17.8 Å². The highest BCUT2D eigenvalue weighted by Crippen LogP contribution is 2.19. The number of sulfone groups is 1. The lowest BCUT2D eigenvalue weighted by Crippen LogP contribution is -2.36. The van der Waals surface area contributed by atoms with Gasteiger partial charge in [0, 0.05) is 30.9 Å². The average molecular weight is 447 g/mol. The maximum absolute atomic E-state index is 13.1. The fraction of sp³-hybridized carbons (Fsp3) is 0.286. The van der Waals surface area contributed by atoms with Crippen LogP contribution in [-0.2, 0) is 26.0 Å². The van der Waals surface area contributed by atoms with E-state index in [1.807, 2.05) is 0 Å². The van der Waals surface area contributed by atoms with Crippen molar-refractivity contribution < 1.29 is 27.1 Å². The topological polar surface area (TPSA) is 105 Å². The minimum Gasteiger partial charge on any atom is -0.492 e. The van der Waals surface area contributed by atoms with Crippen LogP contribution in [0, 0.1) is 5.82 Å². The maximum atomic E-state index is 13.1. The second kappa shape index (κ2) is 9.69. The highest BCUT2D eigenvalue weighted by Gasteiger charge is 2.24. The van der Waals surface area contributed by atoms with E-state index in [2.05, 4.69) is 10.4 Å². The number of rotatable bonds is 8. The summed E-state index contributed by atoms with van der Waals surface area (Å²) in [5.74, 6) is -0.745. The number of nitrogens with zero attached hydrogens (tertiary/aromatic N) is 2. The Morgan fingerprint density at radius 1 is 1.19 bits per heavy atom. The van der Waals surface area contributed by atoms with E-state index in [0.717, 1.165) is 6.26 Å². The Morgan fingerprint density at radius 3 is 2.65 bits per heavy atom. The third-order valence-electron chi connectivity index (χ3n) is 4.43. The van der Waals surface area contributed by atoms with Crippen LogP contribution in [0.25, 0.3) is 0 Å². The molecule has 2 amide bonds. The average Bonchev–Trinajstić information content (AvgIpc) is 2.70. The first-order valence-electron chi connectivity index (χ1n) is 9.54. The molecule has 31 heavy (non-hydrogen) atoms. The third-order valence-corrected chi connectivity index (χ3v) is 5.34. The van der Waals surface area contributed by atoms with E-state index in [0.29, 0.717) is 17.0 Å². The molecule has 0 radical (unpaired) electrons. The lowest BCUT2D eigenvalue weighted by atomic mass is 10.1. The molecule has 0 saturated carbocycles. The second-order valence-electron chi connectivity index (χ2n) is 7.08. The molecule has 1 aliphatic heterocycles. The summed E-state index contributed by atoms with van der Waals surface area (Å²) in [6, 6.07) is 12.3. The monoisotopic (exact) mass is 447 g/mol. The third kappa shape index (κ3) is 6.88. The largest absolute Gasteiger partial charge is 0.492 e. The summed E-state index contributed by atoms with van der Waals surface area (Å²) in [5.41, 5.74) is 1.34. The number of hydrogen-bond donors (Lipinski definition) is 1. The number of halogens is 1. The molecule has 0 aliphatic carbocycles. The van der Waals surface area contributed by atoms with Gasteiger partial charge in [0.2, 0.25) is 5.91 Å². The van der Waals surface area contributed by atoms with Crippen LogP contribution >= 0.6 is 0 Å². The van der Waals surface area contributed by atoms with E-state index in [1.54, 1.807) is 36.4 Å². The minimum atomic E-state index is -3.13. The summed E-state index contributed by atoms with van der Waals surface area (Å²) in [7, 11) is -3.13. The van der Waals surface area contributed by atoms with Crippen molar-refractivity contribution in [2.75, 3.05) is 23.9 Å². The van der Waals surface area contributed by atoms with Gasteiger partial charge in [-0.15, -0.1) is 0 Å². The number of hydrazone groups is 1. The van der Waals surface area contributed by atoms with Crippen molar-refractivity contribution in [1.82, 2.24) is 5.01 Å². The van der Waals surface area contributed by atoms with Crippen LogP contribution in [0.3, 0.4) is 0 Å². The van der Waals surface area contributed by atoms with Gasteiger partial charge in [0.25, 0.3) is 5.91 Å². The van der Waals surface area contributed by atoms with Crippen molar-refractivity contribution in [3.8, 4) is 5.75 Å². The van der Waals surface area contributed by atoms with E-state index in [-0.39, 0.29) is 49.2 Å². The molecule has 164 valence electrons. The predicted molar refractivity (Wildman–Crippen MR) is 114 cm³/mol. The number of benzene rings is 2. The Kier molecular flexibility index (Phi) is 7.01. The van der Waals surface area contributed by atoms with Crippen molar-refractivity contribution >= 4 is 33.1 Å². The fourth-order valence-electron chi connectivity index (χ4n) is 2.83. The van der Waals surface area contributed by atoms with Gasteiger partial charge in [-0.2, -0.15) is 5.10 Å². The minimum absolute atomic E-state index is 0.00337. The molecule has 0 saturated heterocycles. The van der Waals surface area contributed by atoms with Crippen molar-refractivity contribution in [2.45, 2.75) is 19.4 Å². The van der Waals surface area contributed by atoms with Gasteiger partial charge >= 0.3 is 0 Å². The van der Waals surface area contributed by atoms with Gasteiger partial charge in [0.05, 0.1) is 12.3 Å². The molecule has 1 N–H and O–H groups in total. The molecule has 0 spiro atoms. The molecule has 0 bridgehead atoms. The standard InChI is InChI=1S/C21H22FN3O5S/c1-31(28,29)12-11-30-18-4-2-3-17(13-18)23-21(27)19-9-10-20(26)25(24-19)14-15-5-7-16(22)8-6-15/h2-8,13H,9-12,14H2,1H3,(H,23,27). The molecular formula is C21H22FN3O5S. The quantitative estimate of drug-likeness (QED) is 0.669. The summed E-state index contributed by atoms with van der Waals surface area (Å²) in [4.78, 5) is 24.8. The lowest BCUT2D eigenvalue weighted by Gasteiger charge is -2.23. The number of ether oxygens (including phenoxy) is 1. The normalized spacial score (nSPS) is 14.2. The van der Waals surface area contributed by atoms with Crippen LogP contribution < -0.4 is 10.1 Å². The van der Waals surface area contributed by atoms with E-state index >= 15 is 0 Å². The summed E-state index contributed by atoms with van der Waals surface area (Å²) >= 11 is 0. The van der Waals surface area contributed by atoms with Crippen LogP contribution in [0.1, 0.15) is 18.4 Å². The highest BCUT2D eigenvalue weighted by molar-refractivity contribution is 7.90. The molecule has 0 fully saturated rings. The Balaban J connectivity index is 1.64. The Bertz CT molecular complexity index is 1100. The number of hydrogen-bond acceptors (Lipinski definition) is 6. The fourth-order valence-corrected chi connectivity index (χ4v) is 3.21. The van der Waals surface area contributed by atoms with E-state index in [9.17, 15) is 22.4 Å². The van der Waals surface area contributed by atoms with Gasteiger partial charge in [-0.05, 0) is 29.8 Å². The van der Waals surface area contributed by atoms with Crippen molar-refractivity contribution in [3.05, 3.63) is 59.9 Å². The van der Waals surface area contributed by atoms with Crippen LogP contribution in [0.4, 0.5) is 10.1 Å². The maximum Gasteiger partial charge on any atom is 0.271 e. The summed E-state index contributed by atoms with van der Waals surface area (Å²) < 4.78 is 40.9. The molecule has 0 atom stereocenters. The van der Waals surface area contributed by atoms with Gasteiger partial charge in [0.15, 0.2) is 9.84 Å². The molecule has 8 nitrogen and oxygen atoms in total. The molecule has 3 rings (SSSR count). The van der Waals surface area contributed by atoms with Crippen LogP contribution in [0.2, 0.25) is 0 Å². The first kappa shape index (κ1) is 22.4. The van der Waals surface area contributed by atoms with E-state index < -0.39 is 15.7 Å². The SMILES string of the molecule is CS(=O)(=O)CCOc1cccc(NC(=O)C2=NN(Cc3ccc(F)cc3)C(=O)CC2)c1. The summed E-state index contributed by atoms with van der Waals surface area (Å²) in [6.07, 6.45) is 1.47. The first-order valence-corrected chi connectivity index (χ1v) is 11.6. The van der Waals surface area contributed by atoms with Crippen LogP contribution in [0.5, 0.6) is 5.75 Å². The molecule has 2 aromatic carbocycles. The molecule has 2 aromatic rings. The number of carbonyl (C=O) groups is 2. The van der Waals surface area contributed by atoms with Crippen LogP contribution in [0.15, 0.2) is 53.6 Å². The van der Waals surface area contributed by atoms with Crippen molar-refractivity contribution in [1.29, 1.82) is 0 Å². The number of anilines is 1. The van der Waals surface area contributed by atoms with Gasteiger partial charge < -0.3 is 10.1 Å². The smallest absolute Gasteiger partial charge is 0.271 e. The zero-order valence-corrected chi connectivity index (χ0v) is 17.7. The van der Waals surface area contributed by atoms with E-state index in [4.69, 9.17) is 4.74 Å².